The maximum atomic E-state index is 14.6. The van der Waals surface area contributed by atoms with Gasteiger partial charge >= 0.3 is 5.76 Å². The molecule has 3 aromatic heterocycles. The Morgan fingerprint density at radius 3 is 2.52 bits per heavy atom. The number of nitrogens with one attached hydrogen (secondary N) is 3. The van der Waals surface area contributed by atoms with Gasteiger partial charge in [0.05, 0.1) is 11.7 Å². The van der Waals surface area contributed by atoms with Crippen molar-refractivity contribution in [3.8, 4) is 0 Å². The maximum absolute atomic E-state index is 14.6. The summed E-state index contributed by atoms with van der Waals surface area (Å²) in [6, 6.07) is 6.42. The van der Waals surface area contributed by atoms with Gasteiger partial charge in [0.25, 0.3) is 11.8 Å². The molecule has 0 spiro atoms. The third kappa shape index (κ3) is 2.56. The van der Waals surface area contributed by atoms with Crippen LogP contribution >= 0.6 is 0 Å². The molecule has 12 nitrogen and oxygen atoms in total. The molecular formula is C28H26FN7O5S. The van der Waals surface area contributed by atoms with Crippen LogP contribution in [0.3, 0.4) is 0 Å². The second-order valence-corrected chi connectivity index (χ2v) is 14.9. The van der Waals surface area contributed by atoms with E-state index in [1.165, 1.54) is 10.6 Å². The highest BCUT2D eigenvalue weighted by atomic mass is 32.2. The smallest absolute Gasteiger partial charge is 0.408 e. The van der Waals surface area contributed by atoms with Crippen LogP contribution in [0.2, 0.25) is 0 Å². The van der Waals surface area contributed by atoms with Crippen molar-refractivity contribution in [1.29, 1.82) is 0 Å². The maximum Gasteiger partial charge on any atom is 0.419 e. The van der Waals surface area contributed by atoms with Crippen molar-refractivity contribution in [2.45, 2.75) is 12.1 Å². The molecule has 0 bridgehead atoms. The molecule has 14 heteroatoms. The number of hydrogen-bond acceptors (Lipinski definition) is 7. The first-order chi connectivity index (χ1) is 20.0. The van der Waals surface area contributed by atoms with E-state index in [9.17, 15) is 23.0 Å². The number of amides is 2. The molecular weight excluding hydrogens is 565 g/mol. The molecule has 3 heterocycles. The number of nitrogens with zero attached hydrogens (tertiary/aromatic N) is 4. The Hall–Kier alpha value is -4.04. The van der Waals surface area contributed by atoms with Gasteiger partial charge in [-0.1, -0.05) is 6.07 Å². The van der Waals surface area contributed by atoms with Crippen LogP contribution in [-0.4, -0.2) is 59.4 Å². The van der Waals surface area contributed by atoms with E-state index >= 15 is 0 Å². The Morgan fingerprint density at radius 1 is 1.12 bits per heavy atom. The van der Waals surface area contributed by atoms with E-state index < -0.39 is 33.1 Å². The van der Waals surface area contributed by atoms with Crippen molar-refractivity contribution in [2.24, 2.45) is 48.0 Å². The second-order valence-electron chi connectivity index (χ2n) is 12.7. The Bertz CT molecular complexity index is 2060. The van der Waals surface area contributed by atoms with Crippen LogP contribution in [0.25, 0.3) is 16.7 Å². The van der Waals surface area contributed by atoms with E-state index in [0.29, 0.717) is 58.7 Å². The highest BCUT2D eigenvalue weighted by Gasteiger charge is 3.09. The van der Waals surface area contributed by atoms with Crippen LogP contribution in [0.5, 0.6) is 0 Å². The van der Waals surface area contributed by atoms with Gasteiger partial charge in [0.1, 0.15) is 11.4 Å². The van der Waals surface area contributed by atoms with Gasteiger partial charge in [0.2, 0.25) is 0 Å². The van der Waals surface area contributed by atoms with Crippen molar-refractivity contribution in [1.82, 2.24) is 34.5 Å². The average molecular weight is 592 g/mol. The van der Waals surface area contributed by atoms with E-state index in [0.717, 1.165) is 10.7 Å². The van der Waals surface area contributed by atoms with Crippen LogP contribution in [0, 0.1) is 46.7 Å². The van der Waals surface area contributed by atoms with E-state index in [1.807, 2.05) is 0 Å². The first kappa shape index (κ1) is 24.5. The largest absolute Gasteiger partial charge is 0.419 e. The molecule has 42 heavy (non-hydrogen) atoms. The van der Waals surface area contributed by atoms with Crippen LogP contribution in [0.4, 0.5) is 4.39 Å². The Labute approximate surface area is 237 Å². The molecule has 2 amide bonds. The van der Waals surface area contributed by atoms with E-state index in [2.05, 4.69) is 31.3 Å². The summed E-state index contributed by atoms with van der Waals surface area (Å²) in [7, 11) is -0.684. The summed E-state index contributed by atoms with van der Waals surface area (Å²) < 4.78 is 37.8. The lowest BCUT2D eigenvalue weighted by Crippen LogP contribution is -3.15. The Kier molecular flexibility index (Phi) is 4.26. The van der Waals surface area contributed by atoms with Gasteiger partial charge in [-0.3, -0.25) is 18.4 Å². The summed E-state index contributed by atoms with van der Waals surface area (Å²) in [5.41, 5.74) is 1.50. The number of aromatic nitrogens is 4. The van der Waals surface area contributed by atoms with Crippen molar-refractivity contribution in [3.63, 3.8) is 0 Å². The summed E-state index contributed by atoms with van der Waals surface area (Å²) in [4.78, 5) is 42.4. The minimum Gasteiger partial charge on any atom is -0.408 e. The molecule has 6 saturated carbocycles. The highest BCUT2D eigenvalue weighted by molar-refractivity contribution is 7.97. The Morgan fingerprint density at radius 2 is 1.83 bits per heavy atom. The fourth-order valence-electron chi connectivity index (χ4n) is 9.78. The molecule has 6 aliphatic rings. The summed E-state index contributed by atoms with van der Waals surface area (Å²) in [5.74, 6) is 4.61. The normalized spacial score (nSPS) is 35.2. The number of fused-ring (bicyclic) bond motifs is 2. The molecule has 0 radical (unpaired) electrons. The molecule has 1 unspecified atom stereocenters. The zero-order valence-corrected chi connectivity index (χ0v) is 23.4. The molecule has 4 aromatic rings. The number of oxazole rings is 1. The minimum absolute atomic E-state index is 0.00633. The number of aryl methyl sites for hydroxylation is 1. The topological polar surface area (TPSA) is 153 Å². The predicted octanol–water partition coefficient (Wildman–Crippen LogP) is 0.314. The predicted molar refractivity (Wildman–Crippen MR) is 148 cm³/mol. The zero-order valence-electron chi connectivity index (χ0n) is 22.6. The van der Waals surface area contributed by atoms with Crippen LogP contribution in [0.1, 0.15) is 26.5 Å². The quantitative estimate of drug-likeness (QED) is 0.250. The number of rotatable bonds is 8. The second kappa shape index (κ2) is 7.29. The van der Waals surface area contributed by atoms with E-state index in [-0.39, 0.29) is 34.5 Å². The van der Waals surface area contributed by atoms with Crippen molar-refractivity contribution in [2.75, 3.05) is 12.8 Å². The summed E-state index contributed by atoms with van der Waals surface area (Å²) >= 11 is 0. The van der Waals surface area contributed by atoms with Gasteiger partial charge in [-0.05, 0) is 64.5 Å². The number of hydrogen-bond donors (Lipinski definition) is 3. The van der Waals surface area contributed by atoms with E-state index in [4.69, 9.17) is 4.42 Å². The monoisotopic (exact) mass is 591 g/mol. The minimum atomic E-state index is -2.27. The Balaban J connectivity index is 0.921. The van der Waals surface area contributed by atoms with Crippen LogP contribution in [-0.2, 0) is 23.3 Å². The first-order valence-electron chi connectivity index (χ1n) is 13.8. The number of carbonyl (C=O) groups is 2. The lowest BCUT2D eigenvalue weighted by atomic mass is 8.94. The standard InChI is InChI=1S/C28H26FN7O5S/c1-35-14-6-11(4-5-16(14)41-26(35)39)8-30-24(37)13-7-15(36-23(33-13)12(29)9-32-36)25(38)31-10-27-17-20-18(27)22-19(27)21(17)28(20,22)34-42(2,3)40/h4-7,9,17-22H,2,8,10H2,1,3H3,(H,30,37)(H,31,38)(H,34,40). The molecule has 0 aliphatic heterocycles. The third-order valence-electron chi connectivity index (χ3n) is 11.0. The van der Waals surface area contributed by atoms with Gasteiger partial charge in [-0.2, -0.15) is 5.10 Å². The number of halogens is 1. The van der Waals surface area contributed by atoms with Gasteiger partial charge < -0.3 is 15.1 Å². The summed E-state index contributed by atoms with van der Waals surface area (Å²) in [6.07, 6.45) is 2.61. The summed E-state index contributed by atoms with van der Waals surface area (Å²) in [5, 5.41) is 9.76. The zero-order chi connectivity index (χ0) is 29.1. The van der Waals surface area contributed by atoms with Gasteiger partial charge in [0, 0.05) is 47.7 Å². The summed E-state index contributed by atoms with van der Waals surface area (Å²) in [6.45, 7) is 0.614. The van der Waals surface area contributed by atoms with Gasteiger partial charge in [0.15, 0.2) is 17.0 Å². The van der Waals surface area contributed by atoms with Gasteiger partial charge in [-0.15, -0.1) is 0 Å². The number of carbonyl (C=O) groups excluding carboxylic acids is 2. The molecule has 10 rings (SSSR count). The highest BCUT2D eigenvalue weighted by Crippen LogP contribution is 3.06. The van der Waals surface area contributed by atoms with Crippen molar-refractivity contribution in [3.05, 3.63) is 63.8 Å². The molecule has 6 aliphatic carbocycles. The molecule has 0 saturated heterocycles. The first-order valence-corrected chi connectivity index (χ1v) is 15.9. The van der Waals surface area contributed by atoms with E-state index in [1.54, 1.807) is 31.5 Å². The SMILES string of the molecule is C=S(C)(=O)NC12C3C4C1C1C2C3C41CNC(=O)c1cc(C(=O)NCc2ccc3oc(=O)n(C)c3c2)nc2c(F)cnn12. The van der Waals surface area contributed by atoms with Gasteiger partial charge in [-0.25, -0.2) is 23.4 Å². The van der Waals surface area contributed by atoms with Crippen LogP contribution < -0.4 is 21.1 Å². The van der Waals surface area contributed by atoms with Crippen LogP contribution in [0.15, 0.2) is 39.7 Å². The molecule has 216 valence electrons. The lowest BCUT2D eigenvalue weighted by Gasteiger charge is -3.11. The third-order valence-corrected chi connectivity index (χ3v) is 11.8. The fraction of sp³-hybridized carbons (Fsp3) is 0.429. The lowest BCUT2D eigenvalue weighted by molar-refractivity contribution is -0.621. The molecule has 1 aromatic carbocycles. The fourth-order valence-corrected chi connectivity index (χ4v) is 10.9. The molecule has 6 fully saturated rings. The number of benzene rings is 1. The molecule has 1 atom stereocenters. The van der Waals surface area contributed by atoms with Crippen molar-refractivity contribution >= 4 is 44.1 Å². The van der Waals surface area contributed by atoms with Crippen molar-refractivity contribution < 1.29 is 22.6 Å². The molecule has 3 N–H and O–H groups in total. The average Bonchev–Trinajstić information content (AvgIpc) is 3.47.